The molecule has 0 saturated carbocycles. The monoisotopic (exact) mass is 129 g/mol. The van der Waals surface area contributed by atoms with Gasteiger partial charge in [0.15, 0.2) is 0 Å². The van der Waals surface area contributed by atoms with E-state index in [0.717, 1.165) is 19.4 Å². The molecule has 54 valence electrons. The van der Waals surface area contributed by atoms with Crippen molar-refractivity contribution in [3.05, 3.63) is 0 Å². The third kappa shape index (κ3) is 5.50. The minimum atomic E-state index is 0.367. The van der Waals surface area contributed by atoms with Crippen molar-refractivity contribution in [2.45, 2.75) is 26.2 Å². The number of rotatable bonds is 5. The Morgan fingerprint density at radius 3 is 2.56 bits per heavy atom. The van der Waals surface area contributed by atoms with Gasteiger partial charge in [0, 0.05) is 19.4 Å². The van der Waals surface area contributed by atoms with Crippen LogP contribution in [0.3, 0.4) is 0 Å². The number of nitrogens with one attached hydrogen (secondary N) is 1. The van der Waals surface area contributed by atoms with Gasteiger partial charge in [-0.05, 0) is 13.5 Å². The second-order valence-electron chi connectivity index (χ2n) is 2.14. The predicted molar refractivity (Wildman–Crippen MR) is 38.5 cm³/mol. The van der Waals surface area contributed by atoms with Gasteiger partial charge in [-0.2, -0.15) is 0 Å². The third-order valence-electron chi connectivity index (χ3n) is 1.18. The molecule has 0 aliphatic heterocycles. The van der Waals surface area contributed by atoms with Crippen molar-refractivity contribution in [2.75, 3.05) is 13.6 Å². The Kier molecular flexibility index (Phi) is 5.52. The molecule has 0 fully saturated rings. The highest BCUT2D eigenvalue weighted by atomic mass is 16.1. The molecule has 0 unspecified atom stereocenters. The van der Waals surface area contributed by atoms with Crippen LogP contribution in [0.1, 0.15) is 26.2 Å². The fourth-order valence-electron chi connectivity index (χ4n) is 0.668. The van der Waals surface area contributed by atoms with Crippen LogP contribution in [0.4, 0.5) is 0 Å². The van der Waals surface area contributed by atoms with Gasteiger partial charge in [-0.15, -0.1) is 0 Å². The van der Waals surface area contributed by atoms with Crippen LogP contribution in [0, 0.1) is 0 Å². The molecule has 0 aromatic carbocycles. The second kappa shape index (κ2) is 5.76. The van der Waals surface area contributed by atoms with Crippen molar-refractivity contribution in [3.8, 4) is 0 Å². The molecule has 0 aliphatic carbocycles. The van der Waals surface area contributed by atoms with E-state index in [1.807, 2.05) is 14.0 Å². The van der Waals surface area contributed by atoms with Crippen LogP contribution in [0.15, 0.2) is 0 Å². The van der Waals surface area contributed by atoms with Crippen LogP contribution in [-0.2, 0) is 4.79 Å². The normalized spacial score (nSPS) is 9.56. The summed E-state index contributed by atoms with van der Waals surface area (Å²) >= 11 is 0. The van der Waals surface area contributed by atoms with Crippen molar-refractivity contribution in [1.82, 2.24) is 5.32 Å². The Labute approximate surface area is 56.6 Å². The van der Waals surface area contributed by atoms with E-state index in [9.17, 15) is 4.79 Å². The van der Waals surface area contributed by atoms with E-state index in [1.165, 1.54) is 0 Å². The van der Waals surface area contributed by atoms with E-state index in [0.29, 0.717) is 12.2 Å². The average molecular weight is 129 g/mol. The predicted octanol–water partition coefficient (Wildman–Crippen LogP) is 0.965. The maximum absolute atomic E-state index is 10.8. The zero-order valence-electron chi connectivity index (χ0n) is 6.24. The quantitative estimate of drug-likeness (QED) is 0.599. The minimum absolute atomic E-state index is 0.367. The number of carbonyl (C=O) groups excluding carboxylic acids is 1. The molecule has 2 heteroatoms. The lowest BCUT2D eigenvalue weighted by Crippen LogP contribution is -2.12. The zero-order valence-corrected chi connectivity index (χ0v) is 6.24. The van der Waals surface area contributed by atoms with E-state index >= 15 is 0 Å². The molecule has 0 atom stereocenters. The van der Waals surface area contributed by atoms with Gasteiger partial charge >= 0.3 is 0 Å². The Morgan fingerprint density at radius 2 is 2.11 bits per heavy atom. The number of hydrogen-bond acceptors (Lipinski definition) is 2. The zero-order chi connectivity index (χ0) is 7.11. The molecule has 0 heterocycles. The van der Waals surface area contributed by atoms with E-state index in [2.05, 4.69) is 5.32 Å². The lowest BCUT2D eigenvalue weighted by molar-refractivity contribution is -0.119. The first-order valence-corrected chi connectivity index (χ1v) is 3.47. The van der Waals surface area contributed by atoms with Crippen molar-refractivity contribution >= 4 is 5.78 Å². The molecule has 2 nitrogen and oxygen atoms in total. The van der Waals surface area contributed by atoms with Gasteiger partial charge in [-0.3, -0.25) is 4.79 Å². The van der Waals surface area contributed by atoms with Crippen LogP contribution in [0.5, 0.6) is 0 Å². The van der Waals surface area contributed by atoms with Crippen LogP contribution in [0.25, 0.3) is 0 Å². The van der Waals surface area contributed by atoms with Gasteiger partial charge in [0.25, 0.3) is 0 Å². The first-order chi connectivity index (χ1) is 4.31. The third-order valence-corrected chi connectivity index (χ3v) is 1.18. The van der Waals surface area contributed by atoms with Crippen LogP contribution in [-0.4, -0.2) is 19.4 Å². The molecule has 9 heavy (non-hydrogen) atoms. The summed E-state index contributed by atoms with van der Waals surface area (Å²) in [7, 11) is 1.86. The maximum atomic E-state index is 10.8. The minimum Gasteiger partial charge on any atom is -0.319 e. The van der Waals surface area contributed by atoms with Gasteiger partial charge < -0.3 is 5.32 Å². The SMILES string of the molecule is CCCC(=O)CCNC. The molecule has 0 saturated heterocycles. The van der Waals surface area contributed by atoms with Crippen LogP contribution < -0.4 is 5.32 Å². The molecular formula is C7H15NO. The first kappa shape index (κ1) is 8.63. The number of Topliss-reactive ketones (excluding diaryl/α,β-unsaturated/α-hetero) is 1. The van der Waals surface area contributed by atoms with E-state index in [1.54, 1.807) is 0 Å². The van der Waals surface area contributed by atoms with E-state index in [4.69, 9.17) is 0 Å². The van der Waals surface area contributed by atoms with Crippen molar-refractivity contribution in [1.29, 1.82) is 0 Å². The van der Waals surface area contributed by atoms with Crippen molar-refractivity contribution < 1.29 is 4.79 Å². The molecule has 0 radical (unpaired) electrons. The van der Waals surface area contributed by atoms with Crippen molar-refractivity contribution in [2.24, 2.45) is 0 Å². The summed E-state index contributed by atoms with van der Waals surface area (Å²) in [6, 6.07) is 0. The Hall–Kier alpha value is -0.370. The molecule has 0 aromatic rings. The lowest BCUT2D eigenvalue weighted by Gasteiger charge is -1.95. The lowest BCUT2D eigenvalue weighted by atomic mass is 10.2. The maximum Gasteiger partial charge on any atom is 0.134 e. The highest BCUT2D eigenvalue weighted by Gasteiger charge is 1.96. The van der Waals surface area contributed by atoms with E-state index in [-0.39, 0.29) is 0 Å². The summed E-state index contributed by atoms with van der Waals surface area (Å²) in [5.74, 6) is 0.367. The molecule has 1 N–H and O–H groups in total. The largest absolute Gasteiger partial charge is 0.319 e. The summed E-state index contributed by atoms with van der Waals surface area (Å²) in [6.07, 6.45) is 2.40. The highest BCUT2D eigenvalue weighted by Crippen LogP contribution is 1.91. The molecular weight excluding hydrogens is 114 g/mol. The summed E-state index contributed by atoms with van der Waals surface area (Å²) in [4.78, 5) is 10.8. The summed E-state index contributed by atoms with van der Waals surface area (Å²) in [5, 5.41) is 2.94. The summed E-state index contributed by atoms with van der Waals surface area (Å²) in [6.45, 7) is 2.84. The summed E-state index contributed by atoms with van der Waals surface area (Å²) < 4.78 is 0. The van der Waals surface area contributed by atoms with Gasteiger partial charge in [-0.25, -0.2) is 0 Å². The Bertz CT molecular complexity index is 81.0. The number of carbonyl (C=O) groups is 1. The molecule has 0 aliphatic rings. The first-order valence-electron chi connectivity index (χ1n) is 3.47. The van der Waals surface area contributed by atoms with Crippen molar-refractivity contribution in [3.63, 3.8) is 0 Å². The molecule has 0 aromatic heterocycles. The van der Waals surface area contributed by atoms with Crippen LogP contribution >= 0.6 is 0 Å². The molecule has 0 amide bonds. The fourth-order valence-corrected chi connectivity index (χ4v) is 0.668. The standard InChI is InChI=1S/C7H15NO/c1-3-4-7(9)5-6-8-2/h8H,3-6H2,1-2H3. The molecule has 0 bridgehead atoms. The van der Waals surface area contributed by atoms with E-state index < -0.39 is 0 Å². The highest BCUT2D eigenvalue weighted by molar-refractivity contribution is 5.78. The molecule has 0 rings (SSSR count). The van der Waals surface area contributed by atoms with Gasteiger partial charge in [0.1, 0.15) is 5.78 Å². The molecule has 0 spiro atoms. The van der Waals surface area contributed by atoms with Gasteiger partial charge in [0.05, 0.1) is 0 Å². The Balaban J connectivity index is 3.06. The van der Waals surface area contributed by atoms with Crippen LogP contribution in [0.2, 0.25) is 0 Å². The smallest absolute Gasteiger partial charge is 0.134 e. The number of ketones is 1. The van der Waals surface area contributed by atoms with Gasteiger partial charge in [-0.1, -0.05) is 6.92 Å². The average Bonchev–Trinajstić information content (AvgIpc) is 1.85. The number of hydrogen-bond donors (Lipinski definition) is 1. The second-order valence-corrected chi connectivity index (χ2v) is 2.14. The fraction of sp³-hybridized carbons (Fsp3) is 0.857. The van der Waals surface area contributed by atoms with Gasteiger partial charge in [0.2, 0.25) is 0 Å². The topological polar surface area (TPSA) is 29.1 Å². The Morgan fingerprint density at radius 1 is 1.44 bits per heavy atom. The summed E-state index contributed by atoms with van der Waals surface area (Å²) in [5.41, 5.74) is 0.